The van der Waals surface area contributed by atoms with Crippen molar-refractivity contribution in [2.75, 3.05) is 6.61 Å². The number of amides is 2. The van der Waals surface area contributed by atoms with E-state index in [1.54, 1.807) is 6.92 Å². The zero-order valence-electron chi connectivity index (χ0n) is 18.4. The highest BCUT2D eigenvalue weighted by Crippen LogP contribution is 2.44. The number of alkyl halides is 3. The van der Waals surface area contributed by atoms with Crippen molar-refractivity contribution in [2.45, 2.75) is 50.4 Å². The van der Waals surface area contributed by atoms with Crippen LogP contribution in [0, 0.1) is 0 Å². The Morgan fingerprint density at radius 3 is 2.06 bits per heavy atom. The van der Waals surface area contributed by atoms with Crippen LogP contribution < -0.4 is 10.6 Å². The maximum Gasteiger partial charge on any atom is 0.419 e. The fraction of sp³-hybridized carbons (Fsp3) is 0.375. The summed E-state index contributed by atoms with van der Waals surface area (Å²) in [6.07, 6.45) is -5.64. The number of carboxylic acid groups (broad SMARTS) is 1. The van der Waals surface area contributed by atoms with Crippen molar-refractivity contribution >= 4 is 18.0 Å². The smallest absolute Gasteiger partial charge is 0.419 e. The van der Waals surface area contributed by atoms with E-state index in [2.05, 4.69) is 5.32 Å². The average molecular weight is 478 g/mol. The Balaban J connectivity index is 1.60. The summed E-state index contributed by atoms with van der Waals surface area (Å²) in [5.74, 6) is -3.52. The number of hydrogen-bond acceptors (Lipinski definition) is 4. The van der Waals surface area contributed by atoms with E-state index in [4.69, 9.17) is 9.84 Å². The summed E-state index contributed by atoms with van der Waals surface area (Å²) in [7, 11) is 0. The summed E-state index contributed by atoms with van der Waals surface area (Å²) in [6.45, 7) is 1.82. The first-order valence-corrected chi connectivity index (χ1v) is 10.8. The minimum absolute atomic E-state index is 0.0417. The molecule has 0 radical (unpaired) electrons. The molecule has 2 aromatic carbocycles. The summed E-state index contributed by atoms with van der Waals surface area (Å²) < 4.78 is 43.8. The molecule has 2 aromatic rings. The van der Waals surface area contributed by atoms with Crippen LogP contribution in [-0.4, -0.2) is 47.9 Å². The number of carbonyl (C=O) groups is 3. The molecule has 1 aliphatic rings. The predicted molar refractivity (Wildman–Crippen MR) is 117 cm³/mol. The molecule has 34 heavy (non-hydrogen) atoms. The van der Waals surface area contributed by atoms with Crippen molar-refractivity contribution in [1.82, 2.24) is 10.6 Å². The molecule has 0 saturated heterocycles. The van der Waals surface area contributed by atoms with Gasteiger partial charge in [0.25, 0.3) is 0 Å². The number of carboxylic acids is 1. The summed E-state index contributed by atoms with van der Waals surface area (Å²) in [5, 5.41) is 12.7. The van der Waals surface area contributed by atoms with Crippen molar-refractivity contribution in [1.29, 1.82) is 0 Å². The molecular weight excluding hydrogens is 453 g/mol. The Hall–Kier alpha value is -3.56. The Morgan fingerprint density at radius 1 is 1.00 bits per heavy atom. The van der Waals surface area contributed by atoms with Gasteiger partial charge in [-0.3, -0.25) is 4.79 Å². The lowest BCUT2D eigenvalue weighted by molar-refractivity contribution is -0.182. The van der Waals surface area contributed by atoms with Crippen LogP contribution in [0.1, 0.15) is 43.2 Å². The number of nitrogens with one attached hydrogen (secondary N) is 2. The maximum atomic E-state index is 12.8. The lowest BCUT2D eigenvalue weighted by Crippen LogP contribution is -2.52. The standard InChI is InChI=1S/C24H25F3N2O5/c1-2-7-14(12-20(30)29-21(22(31)32)24(25,26)27)28-23(33)34-13-19-17-10-5-3-8-15(17)16-9-4-6-11-18(16)19/h3-6,8-11,14,19,21H,2,7,12-13H2,1H3,(H,28,33)(H,29,30)(H,31,32)/t14-,21?/m0/s1. The van der Waals surface area contributed by atoms with Gasteiger partial charge in [0.1, 0.15) is 6.61 Å². The van der Waals surface area contributed by atoms with Crippen LogP contribution in [0.25, 0.3) is 11.1 Å². The maximum absolute atomic E-state index is 12.8. The van der Waals surface area contributed by atoms with Crippen LogP contribution in [0.15, 0.2) is 48.5 Å². The summed E-state index contributed by atoms with van der Waals surface area (Å²) in [4.78, 5) is 35.3. The average Bonchev–Trinajstić information content (AvgIpc) is 3.09. The molecule has 10 heteroatoms. The Bertz CT molecular complexity index is 1010. The summed E-state index contributed by atoms with van der Waals surface area (Å²) >= 11 is 0. The van der Waals surface area contributed by atoms with Gasteiger partial charge in [0.05, 0.1) is 0 Å². The number of carbonyl (C=O) groups excluding carboxylic acids is 2. The number of rotatable bonds is 9. The molecule has 3 N–H and O–H groups in total. The van der Waals surface area contributed by atoms with Crippen LogP contribution in [0.5, 0.6) is 0 Å². The number of aliphatic carboxylic acids is 1. The fourth-order valence-corrected chi connectivity index (χ4v) is 4.11. The molecule has 7 nitrogen and oxygen atoms in total. The highest BCUT2D eigenvalue weighted by molar-refractivity contribution is 5.85. The predicted octanol–water partition coefficient (Wildman–Crippen LogP) is 4.22. The van der Waals surface area contributed by atoms with Crippen LogP contribution in [0.2, 0.25) is 0 Å². The van der Waals surface area contributed by atoms with Gasteiger partial charge in [-0.1, -0.05) is 61.9 Å². The van der Waals surface area contributed by atoms with Crippen molar-refractivity contribution < 1.29 is 37.4 Å². The van der Waals surface area contributed by atoms with Gasteiger partial charge in [-0.15, -0.1) is 0 Å². The molecule has 0 bridgehead atoms. The monoisotopic (exact) mass is 478 g/mol. The third kappa shape index (κ3) is 5.86. The Morgan fingerprint density at radius 2 is 1.56 bits per heavy atom. The van der Waals surface area contributed by atoms with Gasteiger partial charge >= 0.3 is 18.2 Å². The van der Waals surface area contributed by atoms with Crippen LogP contribution in [-0.2, 0) is 14.3 Å². The van der Waals surface area contributed by atoms with Crippen molar-refractivity contribution in [3.05, 3.63) is 59.7 Å². The molecule has 2 amide bonds. The van der Waals surface area contributed by atoms with E-state index < -0.39 is 42.7 Å². The number of alkyl carbamates (subject to hydrolysis) is 1. The molecule has 0 heterocycles. The fourth-order valence-electron chi connectivity index (χ4n) is 4.11. The number of fused-ring (bicyclic) bond motifs is 3. The Kier molecular flexibility index (Phi) is 7.80. The lowest BCUT2D eigenvalue weighted by Gasteiger charge is -2.21. The van der Waals surface area contributed by atoms with Crippen LogP contribution >= 0.6 is 0 Å². The van der Waals surface area contributed by atoms with E-state index in [1.165, 1.54) is 5.32 Å². The van der Waals surface area contributed by atoms with Gasteiger partial charge < -0.3 is 20.5 Å². The minimum atomic E-state index is -5.14. The SMILES string of the molecule is CCC[C@@H](CC(=O)NC(C(=O)O)C(F)(F)F)NC(=O)OCC1c2ccccc2-c2ccccc21. The second-order valence-electron chi connectivity index (χ2n) is 8.04. The first kappa shape index (κ1) is 25.1. The van der Waals surface area contributed by atoms with Gasteiger partial charge in [0.2, 0.25) is 11.9 Å². The third-order valence-corrected chi connectivity index (χ3v) is 5.61. The zero-order valence-corrected chi connectivity index (χ0v) is 18.4. The largest absolute Gasteiger partial charge is 0.479 e. The molecule has 2 atom stereocenters. The van der Waals surface area contributed by atoms with Crippen molar-refractivity contribution in [2.24, 2.45) is 0 Å². The van der Waals surface area contributed by atoms with Gasteiger partial charge in [0, 0.05) is 18.4 Å². The molecule has 0 saturated carbocycles. The van der Waals surface area contributed by atoms with Gasteiger partial charge in [0.15, 0.2) is 0 Å². The van der Waals surface area contributed by atoms with E-state index >= 15 is 0 Å². The van der Waals surface area contributed by atoms with E-state index in [-0.39, 0.29) is 12.5 Å². The quantitative estimate of drug-likeness (QED) is 0.501. The molecule has 0 aromatic heterocycles. The number of ether oxygens (including phenoxy) is 1. The highest BCUT2D eigenvalue weighted by Gasteiger charge is 2.46. The van der Waals surface area contributed by atoms with Crippen molar-refractivity contribution in [3.63, 3.8) is 0 Å². The molecule has 1 unspecified atom stereocenters. The first-order chi connectivity index (χ1) is 16.1. The second-order valence-corrected chi connectivity index (χ2v) is 8.04. The van der Waals surface area contributed by atoms with Crippen LogP contribution in [0.4, 0.5) is 18.0 Å². The van der Waals surface area contributed by atoms with E-state index in [9.17, 15) is 27.6 Å². The second kappa shape index (κ2) is 10.6. The van der Waals surface area contributed by atoms with Crippen LogP contribution in [0.3, 0.4) is 0 Å². The molecule has 0 fully saturated rings. The zero-order chi connectivity index (χ0) is 24.9. The molecule has 0 aliphatic heterocycles. The van der Waals surface area contributed by atoms with E-state index in [0.29, 0.717) is 12.8 Å². The minimum Gasteiger partial charge on any atom is -0.479 e. The molecule has 1 aliphatic carbocycles. The van der Waals surface area contributed by atoms with E-state index in [1.807, 2.05) is 48.5 Å². The molecule has 3 rings (SSSR count). The number of benzene rings is 2. The topological polar surface area (TPSA) is 105 Å². The third-order valence-electron chi connectivity index (χ3n) is 5.61. The molecule has 182 valence electrons. The van der Waals surface area contributed by atoms with Gasteiger partial charge in [-0.25, -0.2) is 9.59 Å². The normalized spacial score (nSPS) is 14.5. The summed E-state index contributed by atoms with van der Waals surface area (Å²) in [5.41, 5.74) is 4.16. The number of hydrogen-bond donors (Lipinski definition) is 3. The highest BCUT2D eigenvalue weighted by atomic mass is 19.4. The van der Waals surface area contributed by atoms with Gasteiger partial charge in [-0.05, 0) is 28.7 Å². The Labute approximate surface area is 194 Å². The molecule has 0 spiro atoms. The molecular formula is C24H25F3N2O5. The lowest BCUT2D eigenvalue weighted by atomic mass is 9.98. The van der Waals surface area contributed by atoms with Crippen molar-refractivity contribution in [3.8, 4) is 11.1 Å². The van der Waals surface area contributed by atoms with Gasteiger partial charge in [-0.2, -0.15) is 13.2 Å². The summed E-state index contributed by atoms with van der Waals surface area (Å²) in [6, 6.07) is 11.7. The number of halogens is 3. The first-order valence-electron chi connectivity index (χ1n) is 10.8. The van der Waals surface area contributed by atoms with E-state index in [0.717, 1.165) is 22.3 Å².